The number of benzene rings is 2. The first-order chi connectivity index (χ1) is 17.3. The first-order valence-corrected chi connectivity index (χ1v) is 12.7. The van der Waals surface area contributed by atoms with Gasteiger partial charge in [0.25, 0.3) is 5.91 Å². The summed E-state index contributed by atoms with van der Waals surface area (Å²) in [5.74, 6) is -3.58. The number of pyridine rings is 1. The Kier molecular flexibility index (Phi) is 4.58. The molecule has 2 atom stereocenters. The highest BCUT2D eigenvalue weighted by Crippen LogP contribution is 2.58. The summed E-state index contributed by atoms with van der Waals surface area (Å²) in [6.45, 7) is 0.0378. The number of nitrogens with one attached hydrogen (secondary N) is 1. The summed E-state index contributed by atoms with van der Waals surface area (Å²) in [6, 6.07) is 9.49. The number of thioether (sulfide) groups is 1. The number of aromatic nitrogens is 1. The van der Waals surface area contributed by atoms with E-state index in [1.54, 1.807) is 0 Å². The third-order valence-electron chi connectivity index (χ3n) is 8.08. The van der Waals surface area contributed by atoms with Gasteiger partial charge in [0.15, 0.2) is 23.1 Å². The van der Waals surface area contributed by atoms with E-state index in [4.69, 9.17) is 0 Å². The van der Waals surface area contributed by atoms with Crippen molar-refractivity contribution in [2.24, 2.45) is 11.8 Å². The molecule has 2 unspecified atom stereocenters. The highest BCUT2D eigenvalue weighted by molar-refractivity contribution is 7.98. The largest absolute Gasteiger partial charge is 0.502 e. The molecule has 5 aliphatic rings. The lowest BCUT2D eigenvalue weighted by Gasteiger charge is -2.64. The molecule has 3 aromatic rings. The fraction of sp³-hybridized carbons (Fsp3) is 0.308. The van der Waals surface area contributed by atoms with Crippen molar-refractivity contribution in [1.82, 2.24) is 9.58 Å². The summed E-state index contributed by atoms with van der Waals surface area (Å²) in [4.78, 5) is 28.6. The highest BCUT2D eigenvalue weighted by Gasteiger charge is 2.65. The van der Waals surface area contributed by atoms with Crippen LogP contribution in [0.5, 0.6) is 5.75 Å². The SMILES string of the molecule is O=C1c2c(O)c(=O)cc(-c3cc(F)c(F)c4c3Cc3ccccc3SC4)n2NCN1C1C2CC1C2F. The summed E-state index contributed by atoms with van der Waals surface area (Å²) in [5, 5.41) is 10.6. The lowest BCUT2D eigenvalue weighted by molar-refractivity contribution is -0.176. The second-order valence-electron chi connectivity index (χ2n) is 9.77. The molecule has 184 valence electrons. The molecule has 1 amide bonds. The maximum atomic E-state index is 15.0. The quantitative estimate of drug-likeness (QED) is 0.544. The van der Waals surface area contributed by atoms with Gasteiger partial charge in [-0.1, -0.05) is 18.2 Å². The van der Waals surface area contributed by atoms with Crippen LogP contribution in [0.3, 0.4) is 0 Å². The van der Waals surface area contributed by atoms with Gasteiger partial charge in [-0.05, 0) is 36.1 Å². The van der Waals surface area contributed by atoms with Crippen LogP contribution in [0.4, 0.5) is 13.2 Å². The average Bonchev–Trinajstić information content (AvgIpc) is 3.04. The predicted molar refractivity (Wildman–Crippen MR) is 127 cm³/mol. The molecule has 3 aliphatic carbocycles. The molecular formula is C26H20F3N3O3S. The van der Waals surface area contributed by atoms with E-state index in [2.05, 4.69) is 5.43 Å². The summed E-state index contributed by atoms with van der Waals surface area (Å²) < 4.78 is 45.0. The topological polar surface area (TPSA) is 74.6 Å². The molecule has 6 nitrogen and oxygen atoms in total. The van der Waals surface area contributed by atoms with Crippen LogP contribution in [0.15, 0.2) is 46.1 Å². The van der Waals surface area contributed by atoms with Crippen LogP contribution in [0.1, 0.15) is 33.6 Å². The standard InChI is InChI=1S/C26H20F3N3O3S/c27-17-7-13(12-5-11-3-1-2-4-20(11)36-9-16(12)22(17)29)18-8-19(33)25(34)24-26(35)31(10-30-32(18)24)23-14-6-15(23)21(14)28/h1-4,7-8,14-15,21,23,30,34H,5-6,9-10H2. The number of halogens is 3. The summed E-state index contributed by atoms with van der Waals surface area (Å²) in [6.07, 6.45) is 0.0959. The van der Waals surface area contributed by atoms with Crippen LogP contribution in [0, 0.1) is 23.5 Å². The van der Waals surface area contributed by atoms with E-state index in [9.17, 15) is 27.9 Å². The van der Waals surface area contributed by atoms with E-state index in [1.165, 1.54) is 21.3 Å². The summed E-state index contributed by atoms with van der Waals surface area (Å²) in [5.41, 5.74) is 4.03. The normalized spacial score (nSPS) is 25.5. The highest BCUT2D eigenvalue weighted by atomic mass is 32.2. The van der Waals surface area contributed by atoms with Gasteiger partial charge in [-0.2, -0.15) is 0 Å². The molecule has 0 saturated heterocycles. The molecule has 0 radical (unpaired) electrons. The van der Waals surface area contributed by atoms with Crippen LogP contribution in [0.2, 0.25) is 0 Å². The lowest BCUT2D eigenvalue weighted by atomic mass is 9.49. The monoisotopic (exact) mass is 511 g/mol. The minimum Gasteiger partial charge on any atom is -0.502 e. The number of nitrogens with zero attached hydrogens (tertiary/aromatic N) is 2. The fourth-order valence-corrected chi connectivity index (χ4v) is 7.07. The first kappa shape index (κ1) is 21.8. The van der Waals surface area contributed by atoms with Gasteiger partial charge in [0.1, 0.15) is 12.8 Å². The Hall–Kier alpha value is -3.40. The van der Waals surface area contributed by atoms with E-state index in [1.807, 2.05) is 24.3 Å². The fourth-order valence-electron chi connectivity index (χ4n) is 5.97. The second-order valence-corrected chi connectivity index (χ2v) is 10.8. The molecule has 0 spiro atoms. The Morgan fingerprint density at radius 1 is 1.08 bits per heavy atom. The van der Waals surface area contributed by atoms with Crippen LogP contribution in [-0.4, -0.2) is 39.5 Å². The second kappa shape index (κ2) is 7.55. The molecule has 3 fully saturated rings. The minimum atomic E-state index is -1.06. The summed E-state index contributed by atoms with van der Waals surface area (Å²) in [7, 11) is 0. The average molecular weight is 512 g/mol. The number of aromatic hydroxyl groups is 1. The number of alkyl halides is 1. The first-order valence-electron chi connectivity index (χ1n) is 11.7. The molecular weight excluding hydrogens is 491 g/mol. The number of rotatable bonds is 2. The van der Waals surface area contributed by atoms with Crippen molar-refractivity contribution in [3.8, 4) is 17.0 Å². The molecule has 8 rings (SSSR count). The van der Waals surface area contributed by atoms with Crippen molar-refractivity contribution in [3.63, 3.8) is 0 Å². The molecule has 3 saturated carbocycles. The Labute approximate surface area is 207 Å². The van der Waals surface area contributed by atoms with Crippen LogP contribution in [0.25, 0.3) is 11.3 Å². The third kappa shape index (κ3) is 2.81. The van der Waals surface area contributed by atoms with Gasteiger partial charge in [-0.15, -0.1) is 11.8 Å². The predicted octanol–water partition coefficient (Wildman–Crippen LogP) is 4.01. The van der Waals surface area contributed by atoms with Gasteiger partial charge in [0.05, 0.1) is 5.69 Å². The molecule has 2 aliphatic heterocycles. The Balaban J connectivity index is 1.39. The van der Waals surface area contributed by atoms with E-state index < -0.39 is 34.9 Å². The Morgan fingerprint density at radius 2 is 1.86 bits per heavy atom. The number of fused-ring (bicyclic) bond motifs is 3. The van der Waals surface area contributed by atoms with E-state index in [0.717, 1.165) is 29.0 Å². The number of hydrogen-bond acceptors (Lipinski definition) is 5. The smallest absolute Gasteiger partial charge is 0.278 e. The Bertz CT molecular complexity index is 1530. The van der Waals surface area contributed by atoms with E-state index >= 15 is 0 Å². The van der Waals surface area contributed by atoms with Gasteiger partial charge in [0, 0.05) is 45.7 Å². The molecule has 3 heterocycles. The van der Waals surface area contributed by atoms with Crippen molar-refractivity contribution in [2.45, 2.75) is 35.7 Å². The Morgan fingerprint density at radius 3 is 2.61 bits per heavy atom. The van der Waals surface area contributed by atoms with Crippen LogP contribution in [-0.2, 0) is 12.2 Å². The molecule has 2 aromatic carbocycles. The molecule has 1 aromatic heterocycles. The van der Waals surface area contributed by atoms with E-state index in [0.29, 0.717) is 12.0 Å². The van der Waals surface area contributed by atoms with Crippen molar-refractivity contribution < 1.29 is 23.1 Å². The van der Waals surface area contributed by atoms with Gasteiger partial charge in [0.2, 0.25) is 5.43 Å². The van der Waals surface area contributed by atoms with Gasteiger partial charge in [-0.3, -0.25) is 9.59 Å². The van der Waals surface area contributed by atoms with E-state index in [-0.39, 0.29) is 52.8 Å². The minimum absolute atomic E-state index is 0.0378. The lowest BCUT2D eigenvalue weighted by Crippen LogP contribution is -2.73. The number of carbonyl (C=O) groups excluding carboxylic acids is 1. The van der Waals surface area contributed by atoms with Crippen molar-refractivity contribution >= 4 is 17.7 Å². The van der Waals surface area contributed by atoms with Gasteiger partial charge in [-0.25, -0.2) is 17.8 Å². The van der Waals surface area contributed by atoms with Crippen LogP contribution >= 0.6 is 11.8 Å². The maximum absolute atomic E-state index is 15.0. The third-order valence-corrected chi connectivity index (χ3v) is 9.22. The molecule has 36 heavy (non-hydrogen) atoms. The zero-order valence-electron chi connectivity index (χ0n) is 18.8. The van der Waals surface area contributed by atoms with Crippen LogP contribution < -0.4 is 10.9 Å². The zero-order chi connectivity index (χ0) is 24.9. The molecule has 2 bridgehead atoms. The molecule has 2 N–H and O–H groups in total. The van der Waals surface area contributed by atoms with Gasteiger partial charge < -0.3 is 15.4 Å². The number of amides is 1. The molecule has 10 heteroatoms. The zero-order valence-corrected chi connectivity index (χ0v) is 19.6. The van der Waals surface area contributed by atoms with Crippen molar-refractivity contribution in [1.29, 1.82) is 0 Å². The van der Waals surface area contributed by atoms with Crippen molar-refractivity contribution in [3.05, 3.63) is 80.6 Å². The summed E-state index contributed by atoms with van der Waals surface area (Å²) >= 11 is 1.41. The number of carbonyl (C=O) groups is 1. The number of hydrogen-bond donors (Lipinski definition) is 2. The van der Waals surface area contributed by atoms with Crippen molar-refractivity contribution in [2.75, 3.05) is 12.1 Å². The van der Waals surface area contributed by atoms with Gasteiger partial charge >= 0.3 is 0 Å². The maximum Gasteiger partial charge on any atom is 0.278 e.